The summed E-state index contributed by atoms with van der Waals surface area (Å²) in [5.41, 5.74) is 2.60. The predicted molar refractivity (Wildman–Crippen MR) is 130 cm³/mol. The zero-order chi connectivity index (χ0) is 23.4. The summed E-state index contributed by atoms with van der Waals surface area (Å²) in [6.45, 7) is 9.97. The first kappa shape index (κ1) is 24.1. The Morgan fingerprint density at radius 1 is 1.03 bits per heavy atom. The van der Waals surface area contributed by atoms with Gasteiger partial charge in [-0.2, -0.15) is 0 Å². The molecule has 0 aromatic heterocycles. The van der Waals surface area contributed by atoms with Crippen LogP contribution in [0.25, 0.3) is 0 Å². The van der Waals surface area contributed by atoms with Gasteiger partial charge in [0.05, 0.1) is 17.5 Å². The summed E-state index contributed by atoms with van der Waals surface area (Å²) in [4.78, 5) is 14.9. The molecule has 32 heavy (non-hydrogen) atoms. The van der Waals surface area contributed by atoms with E-state index in [0.717, 1.165) is 31.6 Å². The molecule has 1 saturated heterocycles. The highest BCUT2D eigenvalue weighted by molar-refractivity contribution is 7.93. The summed E-state index contributed by atoms with van der Waals surface area (Å²) in [5.74, 6) is -0.252. The van der Waals surface area contributed by atoms with Crippen LogP contribution >= 0.6 is 0 Å². The molecule has 0 bridgehead atoms. The van der Waals surface area contributed by atoms with Crippen molar-refractivity contribution >= 4 is 33.0 Å². The van der Waals surface area contributed by atoms with Crippen LogP contribution in [-0.2, 0) is 14.8 Å². The molecule has 174 valence electrons. The van der Waals surface area contributed by atoms with Gasteiger partial charge in [-0.1, -0.05) is 13.8 Å². The molecule has 1 aliphatic heterocycles. The minimum atomic E-state index is -3.42. The molecule has 1 heterocycles. The number of sulfonamides is 1. The van der Waals surface area contributed by atoms with Crippen LogP contribution in [0.3, 0.4) is 0 Å². The number of amides is 1. The molecule has 1 fully saturated rings. The third-order valence-electron chi connectivity index (χ3n) is 6.06. The molecular weight excluding hydrogens is 426 g/mol. The van der Waals surface area contributed by atoms with Gasteiger partial charge < -0.3 is 15.0 Å². The number of carbonyl (C=O) groups excluding carboxylic acids is 1. The van der Waals surface area contributed by atoms with Crippen molar-refractivity contribution in [3.63, 3.8) is 0 Å². The Morgan fingerprint density at radius 2 is 1.62 bits per heavy atom. The van der Waals surface area contributed by atoms with E-state index in [9.17, 15) is 13.2 Å². The number of nitrogens with zero attached hydrogens (tertiary/aromatic N) is 1. The van der Waals surface area contributed by atoms with E-state index in [1.807, 2.05) is 24.3 Å². The van der Waals surface area contributed by atoms with Gasteiger partial charge in [-0.05, 0) is 75.2 Å². The molecule has 2 N–H and O–H groups in total. The van der Waals surface area contributed by atoms with Crippen molar-refractivity contribution in [1.82, 2.24) is 0 Å². The van der Waals surface area contributed by atoms with Gasteiger partial charge >= 0.3 is 0 Å². The van der Waals surface area contributed by atoms with Crippen LogP contribution in [-0.4, -0.2) is 44.9 Å². The second-order valence-electron chi connectivity index (χ2n) is 8.43. The van der Waals surface area contributed by atoms with E-state index in [1.54, 1.807) is 38.1 Å². The average Bonchev–Trinajstić information content (AvgIpc) is 2.79. The number of carbonyl (C=O) groups is 1. The molecule has 2 aromatic carbocycles. The number of hydrogen-bond donors (Lipinski definition) is 2. The minimum Gasteiger partial charge on any atom is -0.371 e. The van der Waals surface area contributed by atoms with Crippen molar-refractivity contribution in [3.8, 4) is 0 Å². The Labute approximate surface area is 191 Å². The van der Waals surface area contributed by atoms with Crippen molar-refractivity contribution in [1.29, 1.82) is 0 Å². The van der Waals surface area contributed by atoms with Gasteiger partial charge in [0.15, 0.2) is 0 Å². The van der Waals surface area contributed by atoms with Crippen LogP contribution in [0.15, 0.2) is 48.5 Å². The lowest BCUT2D eigenvalue weighted by atomic mass is 9.94. The zero-order valence-corrected chi connectivity index (χ0v) is 20.0. The van der Waals surface area contributed by atoms with Crippen LogP contribution < -0.4 is 14.9 Å². The largest absolute Gasteiger partial charge is 0.371 e. The summed E-state index contributed by atoms with van der Waals surface area (Å²) in [7, 11) is -3.42. The Bertz CT molecular complexity index is 1010. The topological polar surface area (TPSA) is 87.7 Å². The highest BCUT2D eigenvalue weighted by Gasteiger charge is 2.33. The van der Waals surface area contributed by atoms with Crippen LogP contribution in [0.1, 0.15) is 50.9 Å². The maximum Gasteiger partial charge on any atom is 0.255 e. The lowest BCUT2D eigenvalue weighted by Crippen LogP contribution is -2.51. The van der Waals surface area contributed by atoms with Crippen molar-refractivity contribution in [2.75, 3.05) is 34.6 Å². The van der Waals surface area contributed by atoms with Gasteiger partial charge in [0.25, 0.3) is 5.91 Å². The summed E-state index contributed by atoms with van der Waals surface area (Å²) in [6, 6.07) is 14.2. The molecule has 1 aliphatic rings. The molecule has 7 nitrogen and oxygen atoms in total. The van der Waals surface area contributed by atoms with E-state index in [-0.39, 0.29) is 11.5 Å². The second kappa shape index (κ2) is 9.92. The average molecular weight is 460 g/mol. The lowest BCUT2D eigenvalue weighted by Gasteiger charge is -2.43. The van der Waals surface area contributed by atoms with Crippen LogP contribution in [0, 0.1) is 0 Å². The minimum absolute atomic E-state index is 0.0966. The van der Waals surface area contributed by atoms with Crippen molar-refractivity contribution < 1.29 is 17.9 Å². The Morgan fingerprint density at radius 3 is 2.19 bits per heavy atom. The molecule has 0 spiro atoms. The number of benzene rings is 2. The highest BCUT2D eigenvalue weighted by atomic mass is 32.2. The molecule has 3 rings (SSSR count). The van der Waals surface area contributed by atoms with Crippen molar-refractivity contribution in [2.45, 2.75) is 51.4 Å². The van der Waals surface area contributed by atoms with Gasteiger partial charge in [-0.25, -0.2) is 8.42 Å². The van der Waals surface area contributed by atoms with E-state index >= 15 is 0 Å². The Balaban J connectivity index is 1.62. The fourth-order valence-corrected chi connectivity index (χ4v) is 4.37. The molecule has 0 radical (unpaired) electrons. The lowest BCUT2D eigenvalue weighted by molar-refractivity contribution is -0.0605. The molecule has 1 amide bonds. The Hall–Kier alpha value is -2.58. The predicted octanol–water partition coefficient (Wildman–Crippen LogP) is 4.48. The van der Waals surface area contributed by atoms with Crippen molar-refractivity contribution in [3.05, 3.63) is 54.1 Å². The highest BCUT2D eigenvalue weighted by Crippen LogP contribution is 2.29. The molecule has 8 heteroatoms. The number of hydrogen-bond acceptors (Lipinski definition) is 5. The van der Waals surface area contributed by atoms with E-state index in [4.69, 9.17) is 4.74 Å². The second-order valence-corrected chi connectivity index (χ2v) is 10.7. The smallest absolute Gasteiger partial charge is 0.255 e. The fourth-order valence-electron chi connectivity index (χ4n) is 3.67. The number of nitrogens with one attached hydrogen (secondary N) is 2. The fraction of sp³-hybridized carbons (Fsp3) is 0.458. The maximum absolute atomic E-state index is 12.6. The quantitative estimate of drug-likeness (QED) is 0.608. The van der Waals surface area contributed by atoms with Gasteiger partial charge in [0.1, 0.15) is 0 Å². The monoisotopic (exact) mass is 459 g/mol. The first-order valence-electron chi connectivity index (χ1n) is 11.1. The van der Waals surface area contributed by atoms with E-state index in [0.29, 0.717) is 23.5 Å². The van der Waals surface area contributed by atoms with E-state index in [2.05, 4.69) is 28.8 Å². The van der Waals surface area contributed by atoms with Gasteiger partial charge in [-0.15, -0.1) is 0 Å². The van der Waals surface area contributed by atoms with Crippen molar-refractivity contribution in [2.24, 2.45) is 0 Å². The van der Waals surface area contributed by atoms with Crippen LogP contribution in [0.5, 0.6) is 0 Å². The van der Waals surface area contributed by atoms with Gasteiger partial charge in [-0.3, -0.25) is 9.52 Å². The standard InChI is InChI=1S/C24H33N3O4S/c1-5-24(6-2)17-27(15-16-31-24)22-13-11-20(12-14-22)25-23(28)19-7-9-21(10-8-19)26-32(29,30)18(3)4/h7-14,18,26H,5-6,15-17H2,1-4H3,(H,25,28). The van der Waals surface area contributed by atoms with Gasteiger partial charge in [0, 0.05) is 35.7 Å². The number of morpholine rings is 1. The molecule has 0 aliphatic carbocycles. The third-order valence-corrected chi connectivity index (χ3v) is 7.82. The normalized spacial score (nSPS) is 16.1. The molecular formula is C24H33N3O4S. The summed E-state index contributed by atoms with van der Waals surface area (Å²) < 4.78 is 32.5. The summed E-state index contributed by atoms with van der Waals surface area (Å²) >= 11 is 0. The zero-order valence-electron chi connectivity index (χ0n) is 19.2. The molecule has 0 atom stereocenters. The van der Waals surface area contributed by atoms with Crippen LogP contribution in [0.2, 0.25) is 0 Å². The van der Waals surface area contributed by atoms with Gasteiger partial charge in [0.2, 0.25) is 10.0 Å². The summed E-state index contributed by atoms with van der Waals surface area (Å²) in [6.07, 6.45) is 1.96. The maximum atomic E-state index is 12.6. The SMILES string of the molecule is CCC1(CC)CN(c2ccc(NC(=O)c3ccc(NS(=O)(=O)C(C)C)cc3)cc2)CCO1. The molecule has 0 saturated carbocycles. The number of ether oxygens (including phenoxy) is 1. The number of rotatable bonds is 8. The Kier molecular flexibility index (Phi) is 7.46. The van der Waals surface area contributed by atoms with Crippen LogP contribution in [0.4, 0.5) is 17.1 Å². The third kappa shape index (κ3) is 5.61. The first-order valence-corrected chi connectivity index (χ1v) is 12.6. The summed E-state index contributed by atoms with van der Waals surface area (Å²) in [5, 5.41) is 2.36. The molecule has 0 unspecified atom stereocenters. The first-order chi connectivity index (χ1) is 15.2. The van der Waals surface area contributed by atoms with E-state index < -0.39 is 15.3 Å². The molecule has 2 aromatic rings. The number of anilines is 3. The van der Waals surface area contributed by atoms with E-state index in [1.165, 1.54) is 0 Å².